The molecular weight excluding hydrogens is 542 g/mol. The third kappa shape index (κ3) is 7.00. The lowest BCUT2D eigenvalue weighted by molar-refractivity contribution is -0.181. The van der Waals surface area contributed by atoms with Gasteiger partial charge in [-0.2, -0.15) is 0 Å². The molecule has 2 saturated heterocycles. The van der Waals surface area contributed by atoms with E-state index in [1.807, 2.05) is 27.7 Å². The molecule has 2 aliphatic heterocycles. The third-order valence-corrected chi connectivity index (χ3v) is 13.7. The van der Waals surface area contributed by atoms with Gasteiger partial charge in [-0.3, -0.25) is 4.79 Å². The van der Waals surface area contributed by atoms with Gasteiger partial charge in [-0.15, -0.1) is 0 Å². The van der Waals surface area contributed by atoms with Crippen LogP contribution in [-0.2, 0) is 23.4 Å². The van der Waals surface area contributed by atoms with Crippen LogP contribution in [0.2, 0.25) is 5.04 Å². The highest BCUT2D eigenvalue weighted by molar-refractivity contribution is 6.99. The molecule has 0 aromatic heterocycles. The lowest BCUT2D eigenvalue weighted by Gasteiger charge is -2.47. The van der Waals surface area contributed by atoms with E-state index < -0.39 is 19.3 Å². The van der Waals surface area contributed by atoms with Crippen LogP contribution in [0.3, 0.4) is 0 Å². The second-order valence-corrected chi connectivity index (χ2v) is 18.5. The lowest BCUT2D eigenvalue weighted by atomic mass is 9.86. The molecule has 2 fully saturated rings. The molecule has 2 heterocycles. The summed E-state index contributed by atoms with van der Waals surface area (Å²) >= 11 is 0. The molecule has 5 atom stereocenters. The summed E-state index contributed by atoms with van der Waals surface area (Å²) in [6.45, 7) is 22.7. The molecule has 0 spiro atoms. The summed E-state index contributed by atoms with van der Waals surface area (Å²) in [6.07, 6.45) is 3.48. The van der Waals surface area contributed by atoms with Gasteiger partial charge in [0.2, 0.25) is 6.04 Å². The fourth-order valence-corrected chi connectivity index (χ4v) is 11.2. The minimum absolute atomic E-state index is 0.0193. The average molecular weight is 592 g/mol. The summed E-state index contributed by atoms with van der Waals surface area (Å²) in [5.41, 5.74) is -1.16. The van der Waals surface area contributed by atoms with Crippen LogP contribution in [0.4, 0.5) is 0 Å². The molecule has 0 unspecified atom stereocenters. The van der Waals surface area contributed by atoms with Crippen LogP contribution in [0, 0.1) is 12.0 Å². The van der Waals surface area contributed by atoms with Gasteiger partial charge in [0.25, 0.3) is 8.32 Å². The van der Waals surface area contributed by atoms with Gasteiger partial charge < -0.3 is 23.5 Å². The van der Waals surface area contributed by atoms with E-state index in [0.29, 0.717) is 32.5 Å². The molecule has 0 saturated carbocycles. The van der Waals surface area contributed by atoms with Crippen molar-refractivity contribution in [2.75, 3.05) is 13.2 Å². The van der Waals surface area contributed by atoms with E-state index in [2.05, 4.69) is 86.3 Å². The first-order valence-corrected chi connectivity index (χ1v) is 17.3. The zero-order valence-corrected chi connectivity index (χ0v) is 27.5. The highest BCUT2D eigenvalue weighted by Crippen LogP contribution is 2.46. The molecule has 2 aliphatic rings. The van der Waals surface area contributed by atoms with Crippen LogP contribution in [0.5, 0.6) is 0 Å². The third-order valence-electron chi connectivity index (χ3n) is 8.73. The smallest absolute Gasteiger partial charge is 0.311 e. The normalized spacial score (nSPS) is 25.3. The Labute approximate surface area is 254 Å². The van der Waals surface area contributed by atoms with Gasteiger partial charge in [0, 0.05) is 26.2 Å². The van der Waals surface area contributed by atoms with Gasteiger partial charge in [0.15, 0.2) is 0 Å². The fraction of sp³-hybridized carbons (Fsp3) is 0.600. The van der Waals surface area contributed by atoms with Crippen molar-refractivity contribution in [3.63, 3.8) is 0 Å². The highest BCUT2D eigenvalue weighted by Gasteiger charge is 2.57. The number of fused-ring (bicyclic) bond motifs is 1. The number of esters is 1. The maximum Gasteiger partial charge on any atom is 0.311 e. The van der Waals surface area contributed by atoms with Crippen molar-refractivity contribution in [2.45, 2.75) is 116 Å². The van der Waals surface area contributed by atoms with Gasteiger partial charge in [-0.25, -0.2) is 6.57 Å². The number of ether oxygens (including phenoxy) is 3. The van der Waals surface area contributed by atoms with Crippen LogP contribution in [0.25, 0.3) is 4.85 Å². The van der Waals surface area contributed by atoms with Gasteiger partial charge >= 0.3 is 5.97 Å². The van der Waals surface area contributed by atoms with Crippen LogP contribution in [-0.4, -0.2) is 57.5 Å². The van der Waals surface area contributed by atoms with Gasteiger partial charge in [0.05, 0.1) is 36.9 Å². The summed E-state index contributed by atoms with van der Waals surface area (Å²) in [6, 6.07) is 21.2. The summed E-state index contributed by atoms with van der Waals surface area (Å²) in [5, 5.41) is 2.31. The second-order valence-electron chi connectivity index (χ2n) is 14.2. The minimum atomic E-state index is -2.80. The number of hydrogen-bond acceptors (Lipinski definition) is 5. The van der Waals surface area contributed by atoms with E-state index in [9.17, 15) is 4.79 Å². The molecule has 228 valence electrons. The molecule has 7 heteroatoms. The Morgan fingerprint density at radius 2 is 1.60 bits per heavy atom. The van der Waals surface area contributed by atoms with Gasteiger partial charge in [-0.1, -0.05) is 81.4 Å². The molecule has 0 radical (unpaired) electrons. The molecule has 6 nitrogen and oxygen atoms in total. The Morgan fingerprint density at radius 1 is 1.00 bits per heavy atom. The number of nitrogens with zero attached hydrogens (tertiary/aromatic N) is 1. The highest BCUT2D eigenvalue weighted by atomic mass is 28.4. The quantitative estimate of drug-likeness (QED) is 0.184. The van der Waals surface area contributed by atoms with E-state index in [4.69, 9.17) is 25.2 Å². The molecule has 4 rings (SSSR count). The van der Waals surface area contributed by atoms with Gasteiger partial charge in [0.1, 0.15) is 5.60 Å². The first kappa shape index (κ1) is 32.4. The standard InChI is InChI=1S/C35H49NO5Si/c1-26(36-8)23-27-19-20-31-35(41-27,24-28(40-31)21-22-38-32(37)33(2,3)4)25-39-42(34(5,6)7,29-15-11-9-12-16-29)30-17-13-10-14-18-30/h9-18,26-28,31H,19-25H2,1-7H3/t26-,27-,28+,31+,35-/m1/s1. The van der Waals surface area contributed by atoms with Crippen molar-refractivity contribution in [3.8, 4) is 0 Å². The zero-order valence-electron chi connectivity index (χ0n) is 26.5. The number of hydrogen-bond donors (Lipinski definition) is 0. The monoisotopic (exact) mass is 591 g/mol. The number of benzene rings is 2. The Morgan fingerprint density at radius 3 is 2.12 bits per heavy atom. The van der Waals surface area contributed by atoms with Crippen molar-refractivity contribution < 1.29 is 23.4 Å². The maximum atomic E-state index is 12.4. The summed E-state index contributed by atoms with van der Waals surface area (Å²) in [4.78, 5) is 16.1. The van der Waals surface area contributed by atoms with Crippen LogP contribution >= 0.6 is 0 Å². The largest absolute Gasteiger partial charge is 0.465 e. The number of carbonyl (C=O) groups excluding carboxylic acids is 1. The predicted octanol–water partition coefficient (Wildman–Crippen LogP) is 6.32. The Bertz CT molecular complexity index is 1180. The van der Waals surface area contributed by atoms with Crippen molar-refractivity contribution in [1.82, 2.24) is 0 Å². The summed E-state index contributed by atoms with van der Waals surface area (Å²) in [5.74, 6) is -0.202. The molecule has 0 aliphatic carbocycles. The molecule has 2 aromatic rings. The zero-order chi connectivity index (χ0) is 30.6. The summed E-state index contributed by atoms with van der Waals surface area (Å²) < 4.78 is 26.6. The molecule has 2 aromatic carbocycles. The second kappa shape index (κ2) is 13.0. The van der Waals surface area contributed by atoms with Crippen molar-refractivity contribution in [3.05, 3.63) is 72.1 Å². The lowest BCUT2D eigenvalue weighted by Crippen LogP contribution is -2.68. The average Bonchev–Trinajstić information content (AvgIpc) is 3.31. The minimum Gasteiger partial charge on any atom is -0.465 e. The number of carbonyl (C=O) groups is 1. The molecule has 0 bridgehead atoms. The van der Waals surface area contributed by atoms with Crippen molar-refractivity contribution in [1.29, 1.82) is 0 Å². The first-order chi connectivity index (χ1) is 19.8. The molecule has 0 amide bonds. The predicted molar refractivity (Wildman–Crippen MR) is 169 cm³/mol. The number of rotatable bonds is 10. The Balaban J connectivity index is 1.65. The van der Waals surface area contributed by atoms with Crippen molar-refractivity contribution >= 4 is 24.7 Å². The van der Waals surface area contributed by atoms with Crippen molar-refractivity contribution in [2.24, 2.45) is 5.41 Å². The molecular formula is C35H49NO5Si. The summed E-state index contributed by atoms with van der Waals surface area (Å²) in [7, 11) is -2.80. The van der Waals surface area contributed by atoms with E-state index in [1.54, 1.807) is 0 Å². The van der Waals surface area contributed by atoms with Crippen LogP contribution in [0.15, 0.2) is 60.7 Å². The fourth-order valence-electron chi connectivity index (χ4n) is 6.55. The van der Waals surface area contributed by atoms with Crippen LogP contribution in [0.1, 0.15) is 80.6 Å². The SMILES string of the molecule is [C-]#[N+][C@H](C)C[C@H]1CC[C@@H]2O[C@@H](CCOC(=O)C(C)(C)C)C[C@]2(CO[Si](c2ccccc2)(c2ccccc2)C(C)(C)C)O1. The Kier molecular flexibility index (Phi) is 10.0. The van der Waals surface area contributed by atoms with Crippen LogP contribution < -0.4 is 10.4 Å². The van der Waals surface area contributed by atoms with Gasteiger partial charge in [-0.05, 0) is 49.0 Å². The van der Waals surface area contributed by atoms with E-state index in [0.717, 1.165) is 12.8 Å². The maximum absolute atomic E-state index is 12.4. The van der Waals surface area contributed by atoms with E-state index >= 15 is 0 Å². The Hall–Kier alpha value is -2.50. The topological polar surface area (TPSA) is 58.4 Å². The van der Waals surface area contributed by atoms with E-state index in [-0.39, 0.29) is 35.4 Å². The molecule has 42 heavy (non-hydrogen) atoms. The first-order valence-electron chi connectivity index (χ1n) is 15.4. The van der Waals surface area contributed by atoms with E-state index in [1.165, 1.54) is 10.4 Å². The molecule has 0 N–H and O–H groups in total.